The highest BCUT2D eigenvalue weighted by molar-refractivity contribution is 7.14. The van der Waals surface area contributed by atoms with Crippen molar-refractivity contribution in [2.24, 2.45) is 0 Å². The fourth-order valence-corrected chi connectivity index (χ4v) is 3.56. The van der Waals surface area contributed by atoms with E-state index in [-0.39, 0.29) is 5.91 Å². The Labute approximate surface area is 169 Å². The third-order valence-electron chi connectivity index (χ3n) is 4.45. The number of thiazole rings is 1. The number of carbonyl (C=O) groups excluding carboxylic acids is 1. The molecule has 0 fully saturated rings. The number of aromatic nitrogens is 1. The minimum absolute atomic E-state index is 0.0834. The number of hydrogen-bond acceptors (Lipinski definition) is 5. The Bertz CT molecular complexity index is 949. The molecule has 0 saturated heterocycles. The second-order valence-electron chi connectivity index (χ2n) is 6.73. The van der Waals surface area contributed by atoms with Gasteiger partial charge in [-0.2, -0.15) is 0 Å². The third-order valence-corrected chi connectivity index (χ3v) is 5.20. The maximum Gasteiger partial charge on any atom is 0.230 e. The molecule has 1 N–H and O–H groups in total. The average molecular weight is 397 g/mol. The van der Waals surface area contributed by atoms with Gasteiger partial charge in [-0.1, -0.05) is 38.1 Å². The molecule has 146 valence electrons. The minimum atomic E-state index is -0.0834. The van der Waals surface area contributed by atoms with Crippen LogP contribution in [0.1, 0.15) is 30.9 Å². The molecule has 1 aromatic heterocycles. The molecule has 1 amide bonds. The van der Waals surface area contributed by atoms with Gasteiger partial charge in [0, 0.05) is 17.0 Å². The van der Waals surface area contributed by atoms with Crippen molar-refractivity contribution in [2.45, 2.75) is 26.2 Å². The Morgan fingerprint density at radius 2 is 1.86 bits per heavy atom. The molecule has 0 saturated carbocycles. The van der Waals surface area contributed by atoms with E-state index < -0.39 is 0 Å². The van der Waals surface area contributed by atoms with E-state index in [1.807, 2.05) is 35.7 Å². The summed E-state index contributed by atoms with van der Waals surface area (Å²) in [5.74, 6) is 1.78. The van der Waals surface area contributed by atoms with E-state index in [4.69, 9.17) is 9.47 Å². The zero-order valence-electron chi connectivity index (χ0n) is 16.5. The van der Waals surface area contributed by atoms with Crippen molar-refractivity contribution in [2.75, 3.05) is 19.5 Å². The predicted octanol–water partition coefficient (Wildman–Crippen LogP) is 5.13. The molecule has 0 aliphatic heterocycles. The summed E-state index contributed by atoms with van der Waals surface area (Å²) in [7, 11) is 3.22. The number of anilines is 1. The minimum Gasteiger partial charge on any atom is -0.497 e. The Morgan fingerprint density at radius 3 is 2.50 bits per heavy atom. The SMILES string of the molecule is COc1ccc(-c2csc(NC(=O)Cc3ccc(C(C)C)cc3)n2)c(OC)c1. The van der Waals surface area contributed by atoms with Gasteiger partial charge in [0.15, 0.2) is 5.13 Å². The zero-order valence-corrected chi connectivity index (χ0v) is 17.3. The van der Waals surface area contributed by atoms with Gasteiger partial charge in [-0.15, -0.1) is 11.3 Å². The van der Waals surface area contributed by atoms with Crippen molar-refractivity contribution in [3.05, 3.63) is 59.0 Å². The van der Waals surface area contributed by atoms with E-state index in [0.29, 0.717) is 29.0 Å². The van der Waals surface area contributed by atoms with Crippen LogP contribution in [0.3, 0.4) is 0 Å². The Kier molecular flexibility index (Phi) is 6.31. The van der Waals surface area contributed by atoms with Gasteiger partial charge in [0.2, 0.25) is 5.91 Å². The smallest absolute Gasteiger partial charge is 0.230 e. The van der Waals surface area contributed by atoms with Gasteiger partial charge in [0.1, 0.15) is 11.5 Å². The molecule has 28 heavy (non-hydrogen) atoms. The maximum atomic E-state index is 12.4. The van der Waals surface area contributed by atoms with E-state index in [2.05, 4.69) is 36.3 Å². The number of rotatable bonds is 7. The van der Waals surface area contributed by atoms with E-state index >= 15 is 0 Å². The first kappa shape index (κ1) is 19.9. The van der Waals surface area contributed by atoms with Gasteiger partial charge in [-0.25, -0.2) is 4.98 Å². The molecular weight excluding hydrogens is 372 g/mol. The molecule has 0 aliphatic carbocycles. The van der Waals surface area contributed by atoms with Crippen molar-refractivity contribution < 1.29 is 14.3 Å². The van der Waals surface area contributed by atoms with E-state index in [1.54, 1.807) is 14.2 Å². The molecule has 0 atom stereocenters. The van der Waals surface area contributed by atoms with Crippen LogP contribution in [-0.4, -0.2) is 25.1 Å². The van der Waals surface area contributed by atoms with Gasteiger partial charge in [0.25, 0.3) is 0 Å². The van der Waals surface area contributed by atoms with Crippen LogP contribution in [0, 0.1) is 0 Å². The standard InChI is InChI=1S/C22H24N2O3S/c1-14(2)16-7-5-15(6-8-16)11-21(25)24-22-23-19(13-28-22)18-10-9-17(26-3)12-20(18)27-4/h5-10,12-14H,11H2,1-4H3,(H,23,24,25). The van der Waals surface area contributed by atoms with Crippen LogP contribution in [0.5, 0.6) is 11.5 Å². The number of amides is 1. The first-order chi connectivity index (χ1) is 13.5. The lowest BCUT2D eigenvalue weighted by Gasteiger charge is -2.08. The summed E-state index contributed by atoms with van der Waals surface area (Å²) in [5.41, 5.74) is 3.85. The largest absolute Gasteiger partial charge is 0.497 e. The molecule has 2 aromatic carbocycles. The molecule has 0 aliphatic rings. The van der Waals surface area contributed by atoms with Crippen LogP contribution in [0.25, 0.3) is 11.3 Å². The Morgan fingerprint density at radius 1 is 1.11 bits per heavy atom. The molecule has 0 unspecified atom stereocenters. The summed E-state index contributed by atoms with van der Waals surface area (Å²) < 4.78 is 10.7. The maximum absolute atomic E-state index is 12.4. The molecule has 1 heterocycles. The Balaban J connectivity index is 1.68. The quantitative estimate of drug-likeness (QED) is 0.601. The normalized spacial score (nSPS) is 10.8. The number of nitrogens with zero attached hydrogens (tertiary/aromatic N) is 1. The summed E-state index contributed by atoms with van der Waals surface area (Å²) in [6, 6.07) is 13.7. The monoisotopic (exact) mass is 396 g/mol. The molecule has 0 spiro atoms. The van der Waals surface area contributed by atoms with Gasteiger partial charge in [-0.3, -0.25) is 4.79 Å². The number of methoxy groups -OCH3 is 2. The molecule has 6 heteroatoms. The summed E-state index contributed by atoms with van der Waals surface area (Å²) in [6.45, 7) is 4.30. The second kappa shape index (κ2) is 8.89. The van der Waals surface area contributed by atoms with Crippen LogP contribution in [0.4, 0.5) is 5.13 Å². The van der Waals surface area contributed by atoms with Crippen molar-refractivity contribution >= 4 is 22.4 Å². The van der Waals surface area contributed by atoms with E-state index in [1.165, 1.54) is 16.9 Å². The number of hydrogen-bond donors (Lipinski definition) is 1. The lowest BCUT2D eigenvalue weighted by atomic mass is 10.0. The molecule has 3 rings (SSSR count). The van der Waals surface area contributed by atoms with Crippen LogP contribution in [0.15, 0.2) is 47.8 Å². The zero-order chi connectivity index (χ0) is 20.1. The average Bonchev–Trinajstić information content (AvgIpc) is 3.15. The van der Waals surface area contributed by atoms with Crippen LogP contribution in [0.2, 0.25) is 0 Å². The number of benzene rings is 2. The Hall–Kier alpha value is -2.86. The van der Waals surface area contributed by atoms with Crippen molar-refractivity contribution in [3.8, 4) is 22.8 Å². The molecule has 0 radical (unpaired) electrons. The second-order valence-corrected chi connectivity index (χ2v) is 7.58. The van der Waals surface area contributed by atoms with Gasteiger partial charge >= 0.3 is 0 Å². The van der Waals surface area contributed by atoms with Crippen LogP contribution in [-0.2, 0) is 11.2 Å². The van der Waals surface area contributed by atoms with E-state index in [9.17, 15) is 4.79 Å². The first-order valence-corrected chi connectivity index (χ1v) is 9.94. The fourth-order valence-electron chi connectivity index (χ4n) is 2.83. The van der Waals surface area contributed by atoms with Gasteiger partial charge in [0.05, 0.1) is 26.3 Å². The highest BCUT2D eigenvalue weighted by Gasteiger charge is 2.13. The predicted molar refractivity (Wildman–Crippen MR) is 114 cm³/mol. The number of nitrogens with one attached hydrogen (secondary N) is 1. The molecule has 5 nitrogen and oxygen atoms in total. The summed E-state index contributed by atoms with van der Waals surface area (Å²) in [5, 5.41) is 5.35. The highest BCUT2D eigenvalue weighted by Crippen LogP contribution is 2.34. The van der Waals surface area contributed by atoms with Gasteiger partial charge in [-0.05, 0) is 29.2 Å². The lowest BCUT2D eigenvalue weighted by Crippen LogP contribution is -2.14. The molecule has 3 aromatic rings. The summed E-state index contributed by atoms with van der Waals surface area (Å²) in [4.78, 5) is 16.9. The van der Waals surface area contributed by atoms with Crippen LogP contribution < -0.4 is 14.8 Å². The van der Waals surface area contributed by atoms with Crippen LogP contribution >= 0.6 is 11.3 Å². The number of carbonyl (C=O) groups is 1. The first-order valence-electron chi connectivity index (χ1n) is 9.06. The van der Waals surface area contributed by atoms with Crippen molar-refractivity contribution in [1.82, 2.24) is 4.98 Å². The fraction of sp³-hybridized carbons (Fsp3) is 0.273. The molecular formula is C22H24N2O3S. The van der Waals surface area contributed by atoms with Crippen molar-refractivity contribution in [1.29, 1.82) is 0 Å². The lowest BCUT2D eigenvalue weighted by molar-refractivity contribution is -0.115. The summed E-state index contributed by atoms with van der Waals surface area (Å²) in [6.07, 6.45) is 0.319. The third kappa shape index (κ3) is 4.70. The summed E-state index contributed by atoms with van der Waals surface area (Å²) >= 11 is 1.39. The number of ether oxygens (including phenoxy) is 2. The van der Waals surface area contributed by atoms with Gasteiger partial charge < -0.3 is 14.8 Å². The topological polar surface area (TPSA) is 60.5 Å². The highest BCUT2D eigenvalue weighted by atomic mass is 32.1. The van der Waals surface area contributed by atoms with Crippen molar-refractivity contribution in [3.63, 3.8) is 0 Å². The van der Waals surface area contributed by atoms with E-state index in [0.717, 1.165) is 16.8 Å². The molecule has 0 bridgehead atoms.